The Bertz CT molecular complexity index is 654. The summed E-state index contributed by atoms with van der Waals surface area (Å²) in [6, 6.07) is 9.93. The maximum atomic E-state index is 6.51. The Morgan fingerprint density at radius 2 is 1.91 bits per heavy atom. The van der Waals surface area contributed by atoms with Gasteiger partial charge in [-0.05, 0) is 30.2 Å². The molecule has 3 nitrogen and oxygen atoms in total. The van der Waals surface area contributed by atoms with Crippen molar-refractivity contribution in [1.29, 1.82) is 0 Å². The van der Waals surface area contributed by atoms with E-state index in [-0.39, 0.29) is 6.04 Å². The van der Waals surface area contributed by atoms with Crippen molar-refractivity contribution in [3.63, 3.8) is 0 Å². The van der Waals surface area contributed by atoms with Gasteiger partial charge in [0.25, 0.3) is 0 Å². The number of nitrogens with zero attached hydrogens (tertiary/aromatic N) is 2. The van der Waals surface area contributed by atoms with Crippen LogP contribution in [0.15, 0.2) is 36.5 Å². The largest absolute Gasteiger partial charge is 0.314 e. The topological polar surface area (TPSA) is 28.2 Å². The van der Waals surface area contributed by atoms with E-state index >= 15 is 0 Å². The summed E-state index contributed by atoms with van der Waals surface area (Å²) in [5.74, 6) is 0. The van der Waals surface area contributed by atoms with Crippen LogP contribution in [0, 0.1) is 6.92 Å². The molecule has 1 saturated heterocycles. The van der Waals surface area contributed by atoms with Gasteiger partial charge in [-0.25, -0.2) is 0 Å². The molecular weight excluding hydrogens is 317 g/mol. The number of benzene rings is 1. The molecule has 1 aliphatic rings. The molecule has 0 saturated carbocycles. The molecule has 2 aromatic rings. The third kappa shape index (κ3) is 3.13. The van der Waals surface area contributed by atoms with E-state index in [9.17, 15) is 0 Å². The highest BCUT2D eigenvalue weighted by molar-refractivity contribution is 6.42. The Hall–Kier alpha value is -1.13. The fourth-order valence-corrected chi connectivity index (χ4v) is 3.38. The molecule has 1 fully saturated rings. The molecule has 0 amide bonds. The number of aromatic nitrogens is 1. The highest BCUT2D eigenvalue weighted by Gasteiger charge is 2.28. The average Bonchev–Trinajstić information content (AvgIpc) is 2.54. The first-order valence-corrected chi connectivity index (χ1v) is 8.24. The summed E-state index contributed by atoms with van der Waals surface area (Å²) in [7, 11) is 0. The predicted molar refractivity (Wildman–Crippen MR) is 91.7 cm³/mol. The Kier molecular flexibility index (Phi) is 4.99. The minimum absolute atomic E-state index is 0.0366. The molecule has 1 atom stereocenters. The van der Waals surface area contributed by atoms with Gasteiger partial charge in [0.2, 0.25) is 0 Å². The number of piperazine rings is 1. The van der Waals surface area contributed by atoms with Gasteiger partial charge >= 0.3 is 0 Å². The van der Waals surface area contributed by atoms with Gasteiger partial charge in [0.1, 0.15) is 0 Å². The van der Waals surface area contributed by atoms with Gasteiger partial charge in [-0.1, -0.05) is 41.4 Å². The summed E-state index contributed by atoms with van der Waals surface area (Å²) in [6.45, 7) is 5.96. The van der Waals surface area contributed by atoms with E-state index in [0.717, 1.165) is 37.4 Å². The van der Waals surface area contributed by atoms with Crippen molar-refractivity contribution in [3.05, 3.63) is 63.4 Å². The molecule has 3 rings (SSSR count). The fraction of sp³-hybridized carbons (Fsp3) is 0.353. The lowest BCUT2D eigenvalue weighted by atomic mass is 9.97. The lowest BCUT2D eigenvalue weighted by Crippen LogP contribution is -2.45. The van der Waals surface area contributed by atoms with Gasteiger partial charge in [-0.3, -0.25) is 9.88 Å². The first-order chi connectivity index (χ1) is 10.7. The van der Waals surface area contributed by atoms with Crippen LogP contribution in [-0.2, 0) is 0 Å². The van der Waals surface area contributed by atoms with Crippen LogP contribution in [0.5, 0.6) is 0 Å². The number of pyridine rings is 1. The van der Waals surface area contributed by atoms with Crippen LogP contribution in [0.3, 0.4) is 0 Å². The van der Waals surface area contributed by atoms with Crippen LogP contribution in [0.2, 0.25) is 10.0 Å². The van der Waals surface area contributed by atoms with Crippen molar-refractivity contribution in [2.75, 3.05) is 26.2 Å². The molecule has 1 aromatic heterocycles. The molecule has 5 heteroatoms. The Balaban J connectivity index is 2.10. The van der Waals surface area contributed by atoms with Gasteiger partial charge in [-0.2, -0.15) is 0 Å². The molecular formula is C17H19Cl2N3. The molecule has 0 aliphatic carbocycles. The second-order valence-electron chi connectivity index (χ2n) is 5.54. The highest BCUT2D eigenvalue weighted by Crippen LogP contribution is 2.37. The zero-order valence-corrected chi connectivity index (χ0v) is 14.0. The lowest BCUT2D eigenvalue weighted by molar-refractivity contribution is 0.195. The second-order valence-corrected chi connectivity index (χ2v) is 6.32. The maximum Gasteiger partial charge on any atom is 0.0795 e. The first-order valence-electron chi connectivity index (χ1n) is 7.48. The summed E-state index contributed by atoms with van der Waals surface area (Å²) >= 11 is 12.7. The van der Waals surface area contributed by atoms with E-state index in [2.05, 4.69) is 34.3 Å². The third-order valence-electron chi connectivity index (χ3n) is 4.10. The molecule has 1 aromatic carbocycles. The third-order valence-corrected chi connectivity index (χ3v) is 4.94. The number of halogens is 2. The molecule has 1 aliphatic heterocycles. The van der Waals surface area contributed by atoms with E-state index in [4.69, 9.17) is 23.2 Å². The van der Waals surface area contributed by atoms with Gasteiger partial charge < -0.3 is 5.32 Å². The number of hydrogen-bond acceptors (Lipinski definition) is 3. The zero-order chi connectivity index (χ0) is 15.5. The van der Waals surface area contributed by atoms with Crippen molar-refractivity contribution in [2.45, 2.75) is 13.0 Å². The summed E-state index contributed by atoms with van der Waals surface area (Å²) in [5, 5.41) is 4.61. The Labute approximate surface area is 141 Å². The summed E-state index contributed by atoms with van der Waals surface area (Å²) < 4.78 is 0. The molecule has 1 unspecified atom stereocenters. The number of rotatable bonds is 3. The van der Waals surface area contributed by atoms with E-state index in [1.54, 1.807) is 0 Å². The minimum atomic E-state index is 0.0366. The Morgan fingerprint density at radius 1 is 1.14 bits per heavy atom. The molecule has 0 spiro atoms. The summed E-state index contributed by atoms with van der Waals surface area (Å²) in [4.78, 5) is 7.06. The lowest BCUT2D eigenvalue weighted by Gasteiger charge is -2.36. The van der Waals surface area contributed by atoms with Crippen LogP contribution in [-0.4, -0.2) is 36.1 Å². The van der Waals surface area contributed by atoms with Gasteiger partial charge in [0.15, 0.2) is 0 Å². The van der Waals surface area contributed by atoms with E-state index in [1.165, 1.54) is 5.56 Å². The van der Waals surface area contributed by atoms with Gasteiger partial charge in [0, 0.05) is 32.4 Å². The first kappa shape index (κ1) is 15.8. The monoisotopic (exact) mass is 335 g/mol. The molecule has 116 valence electrons. The molecule has 22 heavy (non-hydrogen) atoms. The number of nitrogens with one attached hydrogen (secondary N) is 1. The summed E-state index contributed by atoms with van der Waals surface area (Å²) in [5.41, 5.74) is 3.24. The Morgan fingerprint density at radius 3 is 2.64 bits per heavy atom. The van der Waals surface area contributed by atoms with E-state index in [1.807, 2.05) is 24.4 Å². The van der Waals surface area contributed by atoms with Crippen LogP contribution in [0.25, 0.3) is 0 Å². The molecule has 0 bridgehead atoms. The van der Waals surface area contributed by atoms with Crippen molar-refractivity contribution >= 4 is 23.2 Å². The fourth-order valence-electron chi connectivity index (χ4n) is 2.97. The van der Waals surface area contributed by atoms with Crippen LogP contribution < -0.4 is 5.32 Å². The summed E-state index contributed by atoms with van der Waals surface area (Å²) in [6.07, 6.45) is 1.84. The highest BCUT2D eigenvalue weighted by atomic mass is 35.5. The zero-order valence-electron chi connectivity index (χ0n) is 12.5. The van der Waals surface area contributed by atoms with Crippen molar-refractivity contribution in [3.8, 4) is 0 Å². The standard InChI is InChI=1S/C17H19Cl2N3/c1-12-4-3-7-21-16(12)17(22-10-8-20-9-11-22)13-5-2-6-14(18)15(13)19/h2-7,17,20H,8-11H2,1H3. The van der Waals surface area contributed by atoms with Crippen molar-refractivity contribution < 1.29 is 0 Å². The van der Waals surface area contributed by atoms with Crippen LogP contribution in [0.4, 0.5) is 0 Å². The predicted octanol–water partition coefficient (Wildman–Crippen LogP) is 3.69. The second kappa shape index (κ2) is 6.97. The van der Waals surface area contributed by atoms with Crippen molar-refractivity contribution in [1.82, 2.24) is 15.2 Å². The van der Waals surface area contributed by atoms with Gasteiger partial charge in [-0.15, -0.1) is 0 Å². The molecule has 1 N–H and O–H groups in total. The quantitative estimate of drug-likeness (QED) is 0.927. The van der Waals surface area contributed by atoms with Crippen LogP contribution >= 0.6 is 23.2 Å². The minimum Gasteiger partial charge on any atom is -0.314 e. The average molecular weight is 336 g/mol. The number of aryl methyl sites for hydroxylation is 1. The van der Waals surface area contributed by atoms with Crippen molar-refractivity contribution in [2.24, 2.45) is 0 Å². The van der Waals surface area contributed by atoms with Gasteiger partial charge in [0.05, 0.1) is 21.8 Å². The number of hydrogen-bond donors (Lipinski definition) is 1. The maximum absolute atomic E-state index is 6.51. The van der Waals surface area contributed by atoms with E-state index in [0.29, 0.717) is 10.0 Å². The molecule has 2 heterocycles. The normalized spacial score (nSPS) is 17.4. The SMILES string of the molecule is Cc1cccnc1C(c1cccc(Cl)c1Cl)N1CCNCC1. The van der Waals surface area contributed by atoms with E-state index < -0.39 is 0 Å². The van der Waals surface area contributed by atoms with Crippen LogP contribution in [0.1, 0.15) is 22.9 Å². The smallest absolute Gasteiger partial charge is 0.0795 e. The molecule has 0 radical (unpaired) electrons.